The third kappa shape index (κ3) is 4.48. The number of aromatic nitrogens is 1. The number of para-hydroxylation sites is 1. The number of nitrogens with one attached hydrogen (secondary N) is 1. The van der Waals surface area contributed by atoms with E-state index in [1.54, 1.807) is 47.5 Å². The van der Waals surface area contributed by atoms with E-state index in [4.69, 9.17) is 4.74 Å². The minimum atomic E-state index is -0.294. The number of amides is 2. The monoisotopic (exact) mass is 397 g/mol. The summed E-state index contributed by atoms with van der Waals surface area (Å²) >= 11 is 1.57. The Morgan fingerprint density at radius 2 is 1.89 bits per heavy atom. The molecule has 0 spiro atoms. The van der Waals surface area contributed by atoms with Gasteiger partial charge in [0.1, 0.15) is 10.8 Å². The summed E-state index contributed by atoms with van der Waals surface area (Å²) in [5, 5.41) is 3.55. The Hall–Kier alpha value is -2.93. The molecule has 28 heavy (non-hydrogen) atoms. The van der Waals surface area contributed by atoms with Crippen molar-refractivity contribution in [2.45, 2.75) is 19.9 Å². The third-order valence-corrected chi connectivity index (χ3v) is 5.68. The molecule has 0 radical (unpaired) electrons. The van der Waals surface area contributed by atoms with Crippen molar-refractivity contribution in [2.24, 2.45) is 0 Å². The van der Waals surface area contributed by atoms with Crippen molar-refractivity contribution in [2.75, 3.05) is 20.2 Å². The molecule has 0 aliphatic carbocycles. The molecule has 1 atom stereocenters. The molecular formula is C21H23N3O3S. The molecule has 1 heterocycles. The standard InChI is InChI=1S/C21H23N3O3S/c1-4-27-16-11-9-15(10-12-16)20(26)22-13-19(25)24(3)14(2)21-23-17-7-5-6-8-18(17)28-21/h5-12,14H,4,13H2,1-3H3,(H,22,26)/t14-/m1/s1. The number of ether oxygens (including phenoxy) is 1. The number of hydrogen-bond acceptors (Lipinski definition) is 5. The van der Waals surface area contributed by atoms with Gasteiger partial charge in [-0.2, -0.15) is 0 Å². The minimum absolute atomic E-state index is 0.0716. The van der Waals surface area contributed by atoms with Gasteiger partial charge in [0.2, 0.25) is 5.91 Å². The molecule has 2 amide bonds. The van der Waals surface area contributed by atoms with Gasteiger partial charge in [-0.1, -0.05) is 12.1 Å². The van der Waals surface area contributed by atoms with Gasteiger partial charge in [0.25, 0.3) is 5.91 Å². The molecule has 0 saturated carbocycles. The van der Waals surface area contributed by atoms with Crippen LogP contribution in [-0.4, -0.2) is 41.9 Å². The predicted molar refractivity (Wildman–Crippen MR) is 111 cm³/mol. The Morgan fingerprint density at radius 1 is 1.18 bits per heavy atom. The first-order valence-corrected chi connectivity index (χ1v) is 9.93. The van der Waals surface area contributed by atoms with Gasteiger partial charge in [-0.15, -0.1) is 11.3 Å². The fourth-order valence-corrected chi connectivity index (χ4v) is 3.77. The molecule has 0 aliphatic rings. The van der Waals surface area contributed by atoms with Crippen LogP contribution in [-0.2, 0) is 4.79 Å². The van der Waals surface area contributed by atoms with E-state index >= 15 is 0 Å². The summed E-state index contributed by atoms with van der Waals surface area (Å²) in [6.45, 7) is 4.33. The Morgan fingerprint density at radius 3 is 2.57 bits per heavy atom. The van der Waals surface area contributed by atoms with Gasteiger partial charge in [-0.3, -0.25) is 9.59 Å². The zero-order chi connectivity index (χ0) is 20.1. The van der Waals surface area contributed by atoms with Crippen LogP contribution in [0, 0.1) is 0 Å². The number of nitrogens with zero attached hydrogens (tertiary/aromatic N) is 2. The molecule has 0 fully saturated rings. The van der Waals surface area contributed by atoms with Crippen LogP contribution >= 0.6 is 11.3 Å². The molecule has 0 bridgehead atoms. The van der Waals surface area contributed by atoms with Crippen LogP contribution in [0.3, 0.4) is 0 Å². The highest BCUT2D eigenvalue weighted by Gasteiger charge is 2.21. The maximum Gasteiger partial charge on any atom is 0.251 e. The molecule has 146 valence electrons. The second kappa shape index (κ2) is 8.84. The zero-order valence-electron chi connectivity index (χ0n) is 16.1. The molecule has 7 heteroatoms. The van der Waals surface area contributed by atoms with E-state index in [2.05, 4.69) is 10.3 Å². The van der Waals surface area contributed by atoms with Gasteiger partial charge >= 0.3 is 0 Å². The fourth-order valence-electron chi connectivity index (χ4n) is 2.70. The summed E-state index contributed by atoms with van der Waals surface area (Å²) in [6, 6.07) is 14.6. The lowest BCUT2D eigenvalue weighted by molar-refractivity contribution is -0.130. The number of rotatable bonds is 7. The second-order valence-electron chi connectivity index (χ2n) is 6.34. The van der Waals surface area contributed by atoms with Crippen LogP contribution in [0.25, 0.3) is 10.2 Å². The van der Waals surface area contributed by atoms with Crippen LogP contribution in [0.2, 0.25) is 0 Å². The molecule has 0 unspecified atom stereocenters. The van der Waals surface area contributed by atoms with E-state index in [9.17, 15) is 9.59 Å². The minimum Gasteiger partial charge on any atom is -0.494 e. The third-order valence-electron chi connectivity index (χ3n) is 4.47. The molecule has 0 aliphatic heterocycles. The van der Waals surface area contributed by atoms with Crippen LogP contribution in [0.15, 0.2) is 48.5 Å². The number of carbonyl (C=O) groups excluding carboxylic acids is 2. The summed E-state index contributed by atoms with van der Waals surface area (Å²) in [5.41, 5.74) is 1.41. The topological polar surface area (TPSA) is 71.5 Å². The largest absolute Gasteiger partial charge is 0.494 e. The SMILES string of the molecule is CCOc1ccc(C(=O)NCC(=O)N(C)[C@H](C)c2nc3ccccc3s2)cc1. The van der Waals surface area contributed by atoms with Crippen molar-refractivity contribution in [3.8, 4) is 5.75 Å². The number of likely N-dealkylation sites (N-methyl/N-ethyl adjacent to an activating group) is 1. The summed E-state index contributed by atoms with van der Waals surface area (Å²) < 4.78 is 6.45. The van der Waals surface area contributed by atoms with Gasteiger partial charge in [-0.25, -0.2) is 4.98 Å². The van der Waals surface area contributed by atoms with E-state index in [-0.39, 0.29) is 24.4 Å². The lowest BCUT2D eigenvalue weighted by atomic mass is 10.2. The lowest BCUT2D eigenvalue weighted by Gasteiger charge is -2.23. The van der Waals surface area contributed by atoms with E-state index in [1.165, 1.54) is 0 Å². The summed E-state index contributed by atoms with van der Waals surface area (Å²) in [4.78, 5) is 31.0. The first-order chi connectivity index (χ1) is 13.5. The first kappa shape index (κ1) is 19.8. The molecule has 1 N–H and O–H groups in total. The lowest BCUT2D eigenvalue weighted by Crippen LogP contribution is -2.39. The van der Waals surface area contributed by atoms with Gasteiger partial charge in [0.05, 0.1) is 29.4 Å². The maximum atomic E-state index is 12.5. The van der Waals surface area contributed by atoms with Crippen LogP contribution in [0.1, 0.15) is 35.3 Å². The molecule has 0 saturated heterocycles. The Kier molecular flexibility index (Phi) is 6.26. The Bertz CT molecular complexity index is 935. The quantitative estimate of drug-likeness (QED) is 0.661. The summed E-state index contributed by atoms with van der Waals surface area (Å²) in [7, 11) is 1.72. The van der Waals surface area contributed by atoms with E-state index < -0.39 is 0 Å². The fraction of sp³-hybridized carbons (Fsp3) is 0.286. The number of benzene rings is 2. The maximum absolute atomic E-state index is 12.5. The predicted octanol–water partition coefficient (Wildman–Crippen LogP) is 3.64. The van der Waals surface area contributed by atoms with Crippen molar-refractivity contribution in [1.82, 2.24) is 15.2 Å². The normalized spacial score (nSPS) is 11.8. The van der Waals surface area contributed by atoms with Gasteiger partial charge < -0.3 is 15.0 Å². The van der Waals surface area contributed by atoms with E-state index in [0.717, 1.165) is 15.2 Å². The Balaban J connectivity index is 1.58. The smallest absolute Gasteiger partial charge is 0.251 e. The molecular weight excluding hydrogens is 374 g/mol. The highest BCUT2D eigenvalue weighted by atomic mass is 32.1. The van der Waals surface area contributed by atoms with E-state index in [1.807, 2.05) is 38.1 Å². The van der Waals surface area contributed by atoms with Crippen molar-refractivity contribution >= 4 is 33.4 Å². The highest BCUT2D eigenvalue weighted by molar-refractivity contribution is 7.18. The Labute approximate surface area is 168 Å². The van der Waals surface area contributed by atoms with E-state index in [0.29, 0.717) is 17.9 Å². The second-order valence-corrected chi connectivity index (χ2v) is 7.40. The first-order valence-electron chi connectivity index (χ1n) is 9.11. The van der Waals surface area contributed by atoms with Crippen LogP contribution in [0.5, 0.6) is 5.75 Å². The van der Waals surface area contributed by atoms with Gasteiger partial charge in [0.15, 0.2) is 0 Å². The number of hydrogen-bond donors (Lipinski definition) is 1. The zero-order valence-corrected chi connectivity index (χ0v) is 17.0. The van der Waals surface area contributed by atoms with Crippen LogP contribution < -0.4 is 10.1 Å². The van der Waals surface area contributed by atoms with Crippen molar-refractivity contribution < 1.29 is 14.3 Å². The molecule has 3 aromatic rings. The number of thiazole rings is 1. The van der Waals surface area contributed by atoms with Crippen LogP contribution in [0.4, 0.5) is 0 Å². The molecule has 6 nitrogen and oxygen atoms in total. The molecule has 1 aromatic heterocycles. The average Bonchev–Trinajstić information content (AvgIpc) is 3.15. The average molecular weight is 398 g/mol. The number of carbonyl (C=O) groups is 2. The van der Waals surface area contributed by atoms with Crippen molar-refractivity contribution in [3.63, 3.8) is 0 Å². The summed E-state index contributed by atoms with van der Waals surface area (Å²) in [6.07, 6.45) is 0. The van der Waals surface area contributed by atoms with Gasteiger partial charge in [0, 0.05) is 12.6 Å². The van der Waals surface area contributed by atoms with Crippen molar-refractivity contribution in [1.29, 1.82) is 0 Å². The number of fused-ring (bicyclic) bond motifs is 1. The van der Waals surface area contributed by atoms with Gasteiger partial charge in [-0.05, 0) is 50.2 Å². The summed E-state index contributed by atoms with van der Waals surface area (Å²) in [5.74, 6) is 0.239. The van der Waals surface area contributed by atoms with Crippen molar-refractivity contribution in [3.05, 3.63) is 59.1 Å². The highest BCUT2D eigenvalue weighted by Crippen LogP contribution is 2.28. The molecule has 3 rings (SSSR count). The molecule has 2 aromatic carbocycles.